The van der Waals surface area contributed by atoms with E-state index in [4.69, 9.17) is 0 Å². The van der Waals surface area contributed by atoms with E-state index < -0.39 is 6.03 Å². The van der Waals surface area contributed by atoms with Crippen LogP contribution in [0.2, 0.25) is 0 Å². The predicted molar refractivity (Wildman–Crippen MR) is 76.3 cm³/mol. The van der Waals surface area contributed by atoms with Gasteiger partial charge in [0.15, 0.2) is 5.17 Å². The highest BCUT2D eigenvalue weighted by Gasteiger charge is 2.40. The lowest BCUT2D eigenvalue weighted by Crippen LogP contribution is -2.46. The van der Waals surface area contributed by atoms with Gasteiger partial charge in [0.2, 0.25) is 0 Å². The Morgan fingerprint density at radius 3 is 2.58 bits per heavy atom. The molecule has 2 saturated carbocycles. The number of rotatable bonds is 1. The number of hydrogen-bond donors (Lipinski definition) is 3. The first-order valence-electron chi connectivity index (χ1n) is 6.54. The molecule has 0 saturated heterocycles. The number of amidine groups is 1. The van der Waals surface area contributed by atoms with Gasteiger partial charge < -0.3 is 10.6 Å². The van der Waals surface area contributed by atoms with Crippen LogP contribution in [0.15, 0.2) is 4.99 Å². The average molecular weight is 284 g/mol. The van der Waals surface area contributed by atoms with E-state index in [2.05, 4.69) is 20.9 Å². The van der Waals surface area contributed by atoms with Crippen molar-refractivity contribution < 1.29 is 9.59 Å². The minimum Gasteiger partial charge on any atom is -0.339 e. The first kappa shape index (κ1) is 14.2. The normalized spacial score (nSPS) is 29.2. The molecule has 19 heavy (non-hydrogen) atoms. The Bertz CT molecular complexity index is 399. The number of amides is 4. The lowest BCUT2D eigenvalue weighted by Gasteiger charge is -2.22. The summed E-state index contributed by atoms with van der Waals surface area (Å²) in [5.41, 5.74) is 0. The van der Waals surface area contributed by atoms with Crippen LogP contribution < -0.4 is 16.0 Å². The zero-order valence-corrected chi connectivity index (χ0v) is 12.0. The van der Waals surface area contributed by atoms with Crippen molar-refractivity contribution >= 4 is 29.0 Å². The molecular weight excluding hydrogens is 264 g/mol. The summed E-state index contributed by atoms with van der Waals surface area (Å²) in [5.74, 6) is 1.42. The van der Waals surface area contributed by atoms with E-state index >= 15 is 0 Å². The Morgan fingerprint density at radius 2 is 2.05 bits per heavy atom. The monoisotopic (exact) mass is 284 g/mol. The van der Waals surface area contributed by atoms with Gasteiger partial charge in [0.1, 0.15) is 0 Å². The van der Waals surface area contributed by atoms with Crippen LogP contribution in [0.4, 0.5) is 9.59 Å². The average Bonchev–Trinajstić information content (AvgIpc) is 2.99. The molecule has 3 atom stereocenters. The molecule has 0 aromatic heterocycles. The van der Waals surface area contributed by atoms with Crippen molar-refractivity contribution in [1.29, 1.82) is 0 Å². The molecule has 7 heteroatoms. The zero-order valence-electron chi connectivity index (χ0n) is 11.2. The molecule has 0 heterocycles. The smallest absolute Gasteiger partial charge is 0.339 e. The molecule has 2 aliphatic carbocycles. The Balaban J connectivity index is 1.83. The number of thioether (sulfide) groups is 1. The zero-order chi connectivity index (χ0) is 13.8. The maximum absolute atomic E-state index is 11.9. The van der Waals surface area contributed by atoms with Gasteiger partial charge in [0.05, 0.1) is 0 Å². The first-order chi connectivity index (χ1) is 9.12. The molecule has 2 fully saturated rings. The van der Waals surface area contributed by atoms with Crippen molar-refractivity contribution in [2.24, 2.45) is 16.8 Å². The first-order valence-corrected chi connectivity index (χ1v) is 7.76. The van der Waals surface area contributed by atoms with E-state index in [0.29, 0.717) is 11.1 Å². The molecule has 2 aliphatic rings. The van der Waals surface area contributed by atoms with Gasteiger partial charge in [-0.05, 0) is 37.4 Å². The minimum atomic E-state index is -0.468. The van der Waals surface area contributed by atoms with E-state index in [-0.39, 0.29) is 12.1 Å². The lowest BCUT2D eigenvalue weighted by atomic mass is 9.95. The third-order valence-electron chi connectivity index (χ3n) is 3.89. The van der Waals surface area contributed by atoms with Crippen molar-refractivity contribution in [3.63, 3.8) is 0 Å². The van der Waals surface area contributed by atoms with Crippen LogP contribution in [0.25, 0.3) is 0 Å². The summed E-state index contributed by atoms with van der Waals surface area (Å²) < 4.78 is 0. The van der Waals surface area contributed by atoms with Crippen LogP contribution in [0.1, 0.15) is 25.7 Å². The summed E-state index contributed by atoms with van der Waals surface area (Å²) in [6.07, 6.45) is 6.61. The molecule has 0 aromatic rings. The molecule has 3 N–H and O–H groups in total. The molecule has 6 nitrogen and oxygen atoms in total. The van der Waals surface area contributed by atoms with Gasteiger partial charge in [0.25, 0.3) is 0 Å². The number of carbonyl (C=O) groups excluding carboxylic acids is 2. The Morgan fingerprint density at radius 1 is 1.26 bits per heavy atom. The maximum Gasteiger partial charge on any atom is 0.343 e. The SMILES string of the molecule is CNC(=O)N=C(NC(=O)NC1CC2CCC1C2)SC. The summed E-state index contributed by atoms with van der Waals surface area (Å²) in [5, 5.41) is 8.30. The summed E-state index contributed by atoms with van der Waals surface area (Å²) in [6.45, 7) is 0. The lowest BCUT2D eigenvalue weighted by molar-refractivity contribution is 0.235. The molecule has 106 valence electrons. The fourth-order valence-electron chi connectivity index (χ4n) is 3.00. The van der Waals surface area contributed by atoms with E-state index in [1.54, 1.807) is 6.26 Å². The Hall–Kier alpha value is -1.24. The predicted octanol–water partition coefficient (Wildman–Crippen LogP) is 1.53. The van der Waals surface area contributed by atoms with Crippen LogP contribution in [0.3, 0.4) is 0 Å². The number of fused-ring (bicyclic) bond motifs is 2. The fraction of sp³-hybridized carbons (Fsp3) is 0.750. The number of nitrogens with one attached hydrogen (secondary N) is 3. The van der Waals surface area contributed by atoms with Crippen molar-refractivity contribution in [3.05, 3.63) is 0 Å². The van der Waals surface area contributed by atoms with Crippen molar-refractivity contribution in [1.82, 2.24) is 16.0 Å². The number of hydrogen-bond acceptors (Lipinski definition) is 3. The fourth-order valence-corrected chi connectivity index (χ4v) is 3.36. The number of aliphatic imine (C=N–C) groups is 1. The van der Waals surface area contributed by atoms with Crippen molar-refractivity contribution in [2.75, 3.05) is 13.3 Å². The van der Waals surface area contributed by atoms with E-state index in [1.807, 2.05) is 0 Å². The van der Waals surface area contributed by atoms with Gasteiger partial charge in [-0.1, -0.05) is 18.2 Å². The minimum absolute atomic E-state index is 0.269. The van der Waals surface area contributed by atoms with Gasteiger partial charge in [-0.3, -0.25) is 5.32 Å². The Labute approximate surface area is 117 Å². The van der Waals surface area contributed by atoms with Crippen LogP contribution in [0, 0.1) is 11.8 Å². The van der Waals surface area contributed by atoms with Crippen LogP contribution in [0.5, 0.6) is 0 Å². The number of carbonyl (C=O) groups is 2. The summed E-state index contributed by atoms with van der Waals surface area (Å²) in [7, 11) is 1.50. The molecule has 4 amide bonds. The van der Waals surface area contributed by atoms with Gasteiger partial charge in [-0.2, -0.15) is 4.99 Å². The highest BCUT2D eigenvalue weighted by molar-refractivity contribution is 8.13. The van der Waals surface area contributed by atoms with Crippen molar-refractivity contribution in [3.8, 4) is 0 Å². The maximum atomic E-state index is 11.9. The van der Waals surface area contributed by atoms with Crippen LogP contribution >= 0.6 is 11.8 Å². The molecule has 0 radical (unpaired) electrons. The molecule has 0 aliphatic heterocycles. The molecule has 2 rings (SSSR count). The van der Waals surface area contributed by atoms with E-state index in [9.17, 15) is 9.59 Å². The molecular formula is C12H20N4O2S. The molecule has 3 unspecified atom stereocenters. The quantitative estimate of drug-likeness (QED) is 0.504. The standard InChI is InChI=1S/C12H20N4O2S/c1-13-10(17)15-12(19-2)16-11(18)14-9-6-7-3-4-8(9)5-7/h7-9H,3-6H2,1-2H3,(H3,13,14,15,16,17,18). The van der Waals surface area contributed by atoms with E-state index in [1.165, 1.54) is 38.1 Å². The summed E-state index contributed by atoms with van der Waals surface area (Å²) >= 11 is 1.23. The number of urea groups is 2. The highest BCUT2D eigenvalue weighted by atomic mass is 32.2. The third kappa shape index (κ3) is 3.62. The van der Waals surface area contributed by atoms with Gasteiger partial charge in [-0.25, -0.2) is 9.59 Å². The summed E-state index contributed by atoms with van der Waals surface area (Å²) in [4.78, 5) is 26.7. The molecule has 2 bridgehead atoms. The number of nitrogens with zero attached hydrogens (tertiary/aromatic N) is 1. The van der Waals surface area contributed by atoms with Gasteiger partial charge in [0, 0.05) is 13.1 Å². The van der Waals surface area contributed by atoms with Gasteiger partial charge >= 0.3 is 12.1 Å². The topological polar surface area (TPSA) is 82.6 Å². The highest BCUT2D eigenvalue weighted by Crippen LogP contribution is 2.44. The molecule has 0 aromatic carbocycles. The van der Waals surface area contributed by atoms with Crippen LogP contribution in [-0.2, 0) is 0 Å². The van der Waals surface area contributed by atoms with Crippen LogP contribution in [-0.4, -0.2) is 36.6 Å². The molecule has 0 spiro atoms. The van der Waals surface area contributed by atoms with Crippen molar-refractivity contribution in [2.45, 2.75) is 31.7 Å². The third-order valence-corrected chi connectivity index (χ3v) is 4.47. The second kappa shape index (κ2) is 6.27. The van der Waals surface area contributed by atoms with Gasteiger partial charge in [-0.15, -0.1) is 0 Å². The Kier molecular flexibility index (Phi) is 4.68. The second-order valence-electron chi connectivity index (χ2n) is 5.06. The van der Waals surface area contributed by atoms with E-state index in [0.717, 1.165) is 12.3 Å². The largest absolute Gasteiger partial charge is 0.343 e. The summed E-state index contributed by atoms with van der Waals surface area (Å²) in [6, 6.07) is -0.457. The second-order valence-corrected chi connectivity index (χ2v) is 5.85.